The Morgan fingerprint density at radius 1 is 1.18 bits per heavy atom. The van der Waals surface area contributed by atoms with Gasteiger partial charge < -0.3 is 34.7 Å². The molecular weight excluding hydrogens is 582 g/mol. The second-order valence-corrected chi connectivity index (χ2v) is 11.8. The molecule has 0 amide bonds. The van der Waals surface area contributed by atoms with Crippen molar-refractivity contribution in [3.05, 3.63) is 58.4 Å². The van der Waals surface area contributed by atoms with Crippen LogP contribution in [0.3, 0.4) is 0 Å². The molecule has 6 rings (SSSR count). The first-order valence-corrected chi connectivity index (χ1v) is 15.1. The summed E-state index contributed by atoms with van der Waals surface area (Å²) >= 11 is 4.82. The maximum Gasteiger partial charge on any atom is 0.341 e. The van der Waals surface area contributed by atoms with Gasteiger partial charge in [-0.15, -0.1) is 10.2 Å². The number of aromatic hydroxyl groups is 1. The zero-order chi connectivity index (χ0) is 31.1. The van der Waals surface area contributed by atoms with E-state index >= 15 is 0 Å². The molecule has 0 bridgehead atoms. The summed E-state index contributed by atoms with van der Waals surface area (Å²) in [6.07, 6.45) is 5.30. The third-order valence-corrected chi connectivity index (χ3v) is 8.79. The average Bonchev–Trinajstić information content (AvgIpc) is 3.83. The molecule has 1 aliphatic carbocycles. The van der Waals surface area contributed by atoms with E-state index in [0.29, 0.717) is 35.4 Å². The van der Waals surface area contributed by atoms with E-state index in [1.165, 1.54) is 6.20 Å². The van der Waals surface area contributed by atoms with Crippen molar-refractivity contribution in [1.29, 1.82) is 0 Å². The zero-order valence-electron chi connectivity index (χ0n) is 24.6. The van der Waals surface area contributed by atoms with Crippen molar-refractivity contribution >= 4 is 56.5 Å². The molecule has 1 atom stereocenters. The molecule has 1 unspecified atom stereocenters. The topological polar surface area (TPSA) is 151 Å². The van der Waals surface area contributed by atoms with Crippen molar-refractivity contribution in [3.8, 4) is 11.6 Å². The fraction of sp³-hybridized carbons (Fsp3) is 0.387. The van der Waals surface area contributed by atoms with Crippen molar-refractivity contribution in [1.82, 2.24) is 14.0 Å². The largest absolute Gasteiger partial charge is 0.493 e. The number of piperidine rings is 1. The molecule has 44 heavy (non-hydrogen) atoms. The predicted molar refractivity (Wildman–Crippen MR) is 173 cm³/mol. The Morgan fingerprint density at radius 2 is 1.95 bits per heavy atom. The molecule has 2 aliphatic rings. The second-order valence-electron chi connectivity index (χ2n) is 11.4. The number of fused-ring (bicyclic) bond motifs is 2. The maximum atomic E-state index is 13.1. The second kappa shape index (κ2) is 11.9. The molecule has 13 heteroatoms. The summed E-state index contributed by atoms with van der Waals surface area (Å²) in [5, 5.41) is 29.6. The minimum atomic E-state index is -1.22. The lowest BCUT2D eigenvalue weighted by molar-refractivity contribution is 0.0694. The maximum absolute atomic E-state index is 13.1. The number of nitrogens with zero attached hydrogens (tertiary/aromatic N) is 6. The summed E-state index contributed by atoms with van der Waals surface area (Å²) in [4.78, 5) is 29.5. The number of para-hydroxylation sites is 1. The fourth-order valence-electron chi connectivity index (χ4n) is 6.32. The zero-order valence-corrected chi connectivity index (χ0v) is 25.5. The quantitative estimate of drug-likeness (QED) is 0.180. The number of ether oxygens (including phenoxy) is 1. The molecule has 0 radical (unpaired) electrons. The molecule has 2 aromatic heterocycles. The number of hydrogen-bond donors (Lipinski definition) is 3. The number of carboxylic acids is 1. The summed E-state index contributed by atoms with van der Waals surface area (Å²) in [6, 6.07) is 11.6. The molecular formula is C31H35N7O5S. The fourth-order valence-corrected chi connectivity index (χ4v) is 6.36. The molecule has 4 aromatic rings. The number of aromatic nitrogens is 2. The number of benzene rings is 2. The van der Waals surface area contributed by atoms with E-state index in [-0.39, 0.29) is 28.6 Å². The Balaban J connectivity index is 1.26. The van der Waals surface area contributed by atoms with Crippen LogP contribution in [0, 0.1) is 0 Å². The van der Waals surface area contributed by atoms with Crippen LogP contribution < -0.4 is 20.8 Å². The molecule has 12 nitrogen and oxygen atoms in total. The summed E-state index contributed by atoms with van der Waals surface area (Å²) in [6.45, 7) is 2.77. The Bertz CT molecular complexity index is 1860. The highest BCUT2D eigenvalue weighted by molar-refractivity contribution is 7.80. The molecule has 230 valence electrons. The number of hydrogen-bond acceptors (Lipinski definition) is 8. The van der Waals surface area contributed by atoms with Crippen molar-refractivity contribution in [3.63, 3.8) is 0 Å². The number of azo groups is 1. The number of rotatable bonds is 9. The van der Waals surface area contributed by atoms with E-state index < -0.39 is 11.4 Å². The van der Waals surface area contributed by atoms with Gasteiger partial charge in [0.05, 0.1) is 29.2 Å². The van der Waals surface area contributed by atoms with Crippen molar-refractivity contribution < 1.29 is 19.7 Å². The lowest BCUT2D eigenvalue weighted by Crippen LogP contribution is -2.47. The number of anilines is 1. The van der Waals surface area contributed by atoms with E-state index in [1.54, 1.807) is 13.2 Å². The first-order chi connectivity index (χ1) is 21.2. The smallest absolute Gasteiger partial charge is 0.341 e. The normalized spacial score (nSPS) is 17.2. The monoisotopic (exact) mass is 617 g/mol. The summed E-state index contributed by atoms with van der Waals surface area (Å²) < 4.78 is 9.70. The van der Waals surface area contributed by atoms with Crippen LogP contribution in [0.25, 0.3) is 21.8 Å². The van der Waals surface area contributed by atoms with E-state index in [4.69, 9.17) is 22.7 Å². The van der Waals surface area contributed by atoms with Crippen molar-refractivity contribution in [2.24, 2.45) is 16.0 Å². The summed E-state index contributed by atoms with van der Waals surface area (Å²) in [5.41, 5.74) is 7.49. The molecule has 2 fully saturated rings. The van der Waals surface area contributed by atoms with Gasteiger partial charge in [0.15, 0.2) is 11.4 Å². The van der Waals surface area contributed by atoms with Gasteiger partial charge in [0.2, 0.25) is 16.4 Å². The van der Waals surface area contributed by atoms with Gasteiger partial charge in [-0.25, -0.2) is 4.79 Å². The number of carbonyl (C=O) groups is 1. The third kappa shape index (κ3) is 5.37. The number of methoxy groups -OCH3 is 1. The number of likely N-dealkylation sites (N-methyl/N-ethyl adjacent to an activating group) is 1. The average molecular weight is 618 g/mol. The number of nitrogens with two attached hydrogens (primary N) is 1. The van der Waals surface area contributed by atoms with Gasteiger partial charge in [-0.2, -0.15) is 0 Å². The van der Waals surface area contributed by atoms with E-state index in [0.717, 1.165) is 55.4 Å². The van der Waals surface area contributed by atoms with Crippen molar-refractivity contribution in [2.75, 3.05) is 38.7 Å². The van der Waals surface area contributed by atoms with Crippen LogP contribution in [0.5, 0.6) is 11.6 Å². The Labute approximate surface area is 258 Å². The molecule has 4 N–H and O–H groups in total. The molecule has 2 aromatic carbocycles. The first kappa shape index (κ1) is 29.6. The Hall–Kier alpha value is -4.49. The number of aromatic carboxylic acids is 1. The van der Waals surface area contributed by atoms with Crippen LogP contribution >= 0.6 is 12.2 Å². The highest BCUT2D eigenvalue weighted by Gasteiger charge is 2.31. The van der Waals surface area contributed by atoms with E-state index in [2.05, 4.69) is 27.1 Å². The summed E-state index contributed by atoms with van der Waals surface area (Å²) in [7, 11) is 3.68. The minimum absolute atomic E-state index is 0.0125. The van der Waals surface area contributed by atoms with E-state index in [1.807, 2.05) is 39.5 Å². The van der Waals surface area contributed by atoms with Gasteiger partial charge >= 0.3 is 5.97 Å². The minimum Gasteiger partial charge on any atom is -0.493 e. The van der Waals surface area contributed by atoms with Gasteiger partial charge in [0.1, 0.15) is 5.56 Å². The van der Waals surface area contributed by atoms with Crippen LogP contribution in [0.4, 0.5) is 11.4 Å². The Kier molecular flexibility index (Phi) is 7.99. The third-order valence-electron chi connectivity index (χ3n) is 8.70. The lowest BCUT2D eigenvalue weighted by atomic mass is 10.0. The molecule has 1 saturated heterocycles. The predicted octanol–water partition coefficient (Wildman–Crippen LogP) is 4.63. The van der Waals surface area contributed by atoms with E-state index in [9.17, 15) is 19.8 Å². The van der Waals surface area contributed by atoms with Crippen LogP contribution in [0.1, 0.15) is 42.1 Å². The van der Waals surface area contributed by atoms with Gasteiger partial charge in [0.25, 0.3) is 0 Å². The first-order valence-electron chi connectivity index (χ1n) is 14.6. The Morgan fingerprint density at radius 3 is 2.66 bits per heavy atom. The molecule has 3 heterocycles. The SMILES string of the molecule is COc1c(N2CCCC(N(C)CCn3c(O)c(N=NC(N)=S)c4ccccc43)C2)ccc2c(=O)c(C(=O)O)cn(C3CC3)c12. The number of carboxylic acid groups (broad SMARTS) is 1. The van der Waals surface area contributed by atoms with Crippen molar-refractivity contribution in [2.45, 2.75) is 44.3 Å². The molecule has 1 saturated carbocycles. The van der Waals surface area contributed by atoms with Gasteiger partial charge in [-0.1, -0.05) is 18.2 Å². The van der Waals surface area contributed by atoms with Crippen LogP contribution in [-0.4, -0.2) is 75.2 Å². The summed E-state index contributed by atoms with van der Waals surface area (Å²) in [5.74, 6) is -0.620. The number of thiocarbonyl (C=S) groups is 1. The van der Waals surface area contributed by atoms with Crippen LogP contribution in [0.15, 0.2) is 57.6 Å². The molecule has 0 spiro atoms. The highest BCUT2D eigenvalue weighted by atomic mass is 32.1. The van der Waals surface area contributed by atoms with Gasteiger partial charge in [-0.05, 0) is 63.1 Å². The lowest BCUT2D eigenvalue weighted by Gasteiger charge is -2.39. The highest BCUT2D eigenvalue weighted by Crippen LogP contribution is 2.43. The van der Waals surface area contributed by atoms with Crippen LogP contribution in [-0.2, 0) is 6.54 Å². The van der Waals surface area contributed by atoms with Crippen LogP contribution in [0.2, 0.25) is 0 Å². The standard InChI is InChI=1S/C31H35N7O5S/c1-35(14-15-37-23-8-4-3-7-20(23)25(29(37)40)33-34-31(32)44)19-6-5-13-36(16-19)24-12-11-21-26(28(24)43-2)38(18-9-10-18)17-22(27(21)39)30(41)42/h3-4,7-8,11-12,17-19,40H,5-6,9-10,13-16H2,1-2H3,(H2,32,44)(H,41,42). The number of pyridine rings is 1. The van der Waals surface area contributed by atoms with Gasteiger partial charge in [0, 0.05) is 49.8 Å². The van der Waals surface area contributed by atoms with Gasteiger partial charge in [-0.3, -0.25) is 9.69 Å². The molecule has 1 aliphatic heterocycles.